The van der Waals surface area contributed by atoms with E-state index in [0.717, 1.165) is 23.9 Å². The second-order valence-electron chi connectivity index (χ2n) is 3.33. The van der Waals surface area contributed by atoms with Crippen molar-refractivity contribution in [3.05, 3.63) is 23.3 Å². The Morgan fingerprint density at radius 1 is 1.17 bits per heavy atom. The Bertz CT molecular complexity index is 426. The monoisotopic (exact) mass is 270 g/mol. The molecule has 98 valence electrons. The van der Waals surface area contributed by atoms with Crippen LogP contribution in [0.5, 0.6) is 11.5 Å². The molecule has 5 nitrogen and oxygen atoms in total. The van der Waals surface area contributed by atoms with Crippen LogP contribution in [0.4, 0.5) is 0 Å². The van der Waals surface area contributed by atoms with E-state index in [2.05, 4.69) is 0 Å². The maximum atomic E-state index is 11.6. The van der Waals surface area contributed by atoms with Crippen molar-refractivity contribution in [3.8, 4) is 11.5 Å². The fourth-order valence-corrected chi connectivity index (χ4v) is 1.90. The third-order valence-corrected chi connectivity index (χ3v) is 2.88. The van der Waals surface area contributed by atoms with Crippen molar-refractivity contribution in [1.82, 2.24) is 0 Å². The highest BCUT2D eigenvalue weighted by atomic mass is 32.2. The largest absolute Gasteiger partial charge is 0.507 e. The number of benzene rings is 1. The zero-order chi connectivity index (χ0) is 13.7. The van der Waals surface area contributed by atoms with Crippen molar-refractivity contribution in [2.75, 3.05) is 12.4 Å². The molecule has 6 heteroatoms. The van der Waals surface area contributed by atoms with Crippen LogP contribution in [0.3, 0.4) is 0 Å². The summed E-state index contributed by atoms with van der Waals surface area (Å²) in [5.41, 5.74) is -0.181. The van der Waals surface area contributed by atoms with Gasteiger partial charge in [-0.25, -0.2) is 4.79 Å². The van der Waals surface area contributed by atoms with Crippen molar-refractivity contribution in [2.45, 2.75) is 13.8 Å². The minimum absolute atomic E-state index is 0.0209. The van der Waals surface area contributed by atoms with Crippen LogP contribution in [0, 0.1) is 0 Å². The van der Waals surface area contributed by atoms with Gasteiger partial charge in [-0.3, -0.25) is 4.79 Å². The molecule has 0 unspecified atom stereocenters. The highest BCUT2D eigenvalue weighted by Gasteiger charge is 2.19. The van der Waals surface area contributed by atoms with Gasteiger partial charge in [0.1, 0.15) is 17.1 Å². The molecule has 0 amide bonds. The van der Waals surface area contributed by atoms with Gasteiger partial charge in [0.2, 0.25) is 5.12 Å². The molecule has 0 saturated heterocycles. The quantitative estimate of drug-likeness (QED) is 0.644. The first kappa shape index (κ1) is 14.4. The van der Waals surface area contributed by atoms with Gasteiger partial charge in [0, 0.05) is 0 Å². The molecule has 1 aromatic rings. The lowest BCUT2D eigenvalue weighted by Gasteiger charge is -2.08. The SMILES string of the molecule is CCOC(=O)c1cc(O)c(C(=O)SCC)cc1O. The van der Waals surface area contributed by atoms with Gasteiger partial charge in [0.15, 0.2) is 0 Å². The minimum Gasteiger partial charge on any atom is -0.507 e. The van der Waals surface area contributed by atoms with Crippen LogP contribution in [0.15, 0.2) is 12.1 Å². The van der Waals surface area contributed by atoms with E-state index >= 15 is 0 Å². The number of phenolic OH excluding ortho intramolecular Hbond substituents is 2. The zero-order valence-electron chi connectivity index (χ0n) is 10.1. The molecule has 0 fully saturated rings. The number of esters is 1. The Labute approximate surface area is 109 Å². The predicted molar refractivity (Wildman–Crippen MR) is 68.2 cm³/mol. The molecule has 0 bridgehead atoms. The highest BCUT2D eigenvalue weighted by Crippen LogP contribution is 2.30. The summed E-state index contributed by atoms with van der Waals surface area (Å²) < 4.78 is 4.71. The molecular weight excluding hydrogens is 256 g/mol. The summed E-state index contributed by atoms with van der Waals surface area (Å²) in [4.78, 5) is 23.0. The molecule has 0 aliphatic heterocycles. The zero-order valence-corrected chi connectivity index (χ0v) is 10.9. The molecule has 18 heavy (non-hydrogen) atoms. The lowest BCUT2D eigenvalue weighted by atomic mass is 10.1. The maximum absolute atomic E-state index is 11.6. The molecular formula is C12H14O5S. The van der Waals surface area contributed by atoms with Gasteiger partial charge in [-0.15, -0.1) is 0 Å². The fourth-order valence-electron chi connectivity index (χ4n) is 1.32. The molecule has 0 saturated carbocycles. The summed E-state index contributed by atoms with van der Waals surface area (Å²) in [6.45, 7) is 3.59. The van der Waals surface area contributed by atoms with E-state index in [1.165, 1.54) is 0 Å². The number of phenols is 2. The highest BCUT2D eigenvalue weighted by molar-refractivity contribution is 8.14. The number of aromatic hydroxyl groups is 2. The molecule has 0 aromatic heterocycles. The smallest absolute Gasteiger partial charge is 0.342 e. The van der Waals surface area contributed by atoms with Gasteiger partial charge in [0.05, 0.1) is 12.2 Å². The van der Waals surface area contributed by atoms with E-state index in [1.807, 2.05) is 0 Å². The molecule has 0 aliphatic carbocycles. The second kappa shape index (κ2) is 6.30. The summed E-state index contributed by atoms with van der Waals surface area (Å²) in [7, 11) is 0. The fraction of sp³-hybridized carbons (Fsp3) is 0.333. The van der Waals surface area contributed by atoms with Gasteiger partial charge < -0.3 is 14.9 Å². The van der Waals surface area contributed by atoms with E-state index in [-0.39, 0.29) is 34.3 Å². The number of rotatable bonds is 4. The van der Waals surface area contributed by atoms with Crippen molar-refractivity contribution < 1.29 is 24.5 Å². The molecule has 0 radical (unpaired) electrons. The van der Waals surface area contributed by atoms with Crippen molar-refractivity contribution in [1.29, 1.82) is 0 Å². The van der Waals surface area contributed by atoms with Crippen LogP contribution >= 0.6 is 11.8 Å². The first-order chi connectivity index (χ1) is 8.51. The van der Waals surface area contributed by atoms with Crippen LogP contribution in [0.1, 0.15) is 34.6 Å². The second-order valence-corrected chi connectivity index (χ2v) is 4.56. The van der Waals surface area contributed by atoms with E-state index in [1.54, 1.807) is 13.8 Å². The molecule has 0 aliphatic rings. The topological polar surface area (TPSA) is 83.8 Å². The van der Waals surface area contributed by atoms with Gasteiger partial charge in [0.25, 0.3) is 0 Å². The Morgan fingerprint density at radius 2 is 1.72 bits per heavy atom. The number of carbonyl (C=O) groups excluding carboxylic acids is 2. The number of carbonyl (C=O) groups is 2. The van der Waals surface area contributed by atoms with Gasteiger partial charge in [-0.2, -0.15) is 0 Å². The summed E-state index contributed by atoms with van der Waals surface area (Å²) in [5.74, 6) is -0.917. The van der Waals surface area contributed by atoms with E-state index in [0.29, 0.717) is 5.75 Å². The van der Waals surface area contributed by atoms with Crippen molar-refractivity contribution in [3.63, 3.8) is 0 Å². The van der Waals surface area contributed by atoms with Crippen LogP contribution < -0.4 is 0 Å². The van der Waals surface area contributed by atoms with Crippen molar-refractivity contribution in [2.24, 2.45) is 0 Å². The molecule has 0 heterocycles. The van der Waals surface area contributed by atoms with Gasteiger partial charge >= 0.3 is 5.97 Å². The molecule has 1 rings (SSSR count). The lowest BCUT2D eigenvalue weighted by molar-refractivity contribution is 0.0522. The van der Waals surface area contributed by atoms with Crippen LogP contribution in [-0.2, 0) is 4.74 Å². The van der Waals surface area contributed by atoms with E-state index < -0.39 is 5.97 Å². The molecule has 1 aromatic carbocycles. The number of ether oxygens (including phenoxy) is 1. The first-order valence-corrected chi connectivity index (χ1v) is 6.40. The average molecular weight is 270 g/mol. The van der Waals surface area contributed by atoms with E-state index in [4.69, 9.17) is 4.74 Å². The standard InChI is InChI=1S/C12H14O5S/c1-3-17-11(15)7-5-10(14)8(6-9(7)13)12(16)18-4-2/h5-6,13-14H,3-4H2,1-2H3. The number of hydrogen-bond donors (Lipinski definition) is 2. The van der Waals surface area contributed by atoms with Crippen LogP contribution in [-0.4, -0.2) is 33.7 Å². The van der Waals surface area contributed by atoms with E-state index in [9.17, 15) is 19.8 Å². The third-order valence-electron chi connectivity index (χ3n) is 2.10. The van der Waals surface area contributed by atoms with Crippen LogP contribution in [0.2, 0.25) is 0 Å². The average Bonchev–Trinajstić information content (AvgIpc) is 2.32. The Hall–Kier alpha value is -1.69. The lowest BCUT2D eigenvalue weighted by Crippen LogP contribution is -2.06. The minimum atomic E-state index is -0.743. The molecule has 0 atom stereocenters. The predicted octanol–water partition coefficient (Wildman–Crippen LogP) is 2.17. The van der Waals surface area contributed by atoms with Gasteiger partial charge in [-0.1, -0.05) is 18.7 Å². The van der Waals surface area contributed by atoms with Crippen molar-refractivity contribution >= 4 is 22.8 Å². The number of thioether (sulfide) groups is 1. The summed E-state index contributed by atoms with van der Waals surface area (Å²) in [6, 6.07) is 2.11. The first-order valence-electron chi connectivity index (χ1n) is 5.41. The number of hydrogen-bond acceptors (Lipinski definition) is 6. The van der Waals surface area contributed by atoms with Gasteiger partial charge in [-0.05, 0) is 24.8 Å². The molecule has 0 spiro atoms. The summed E-state index contributed by atoms with van der Waals surface area (Å²) >= 11 is 1.01. The summed E-state index contributed by atoms with van der Waals surface area (Å²) in [5, 5.41) is 19.0. The normalized spacial score (nSPS) is 10.1. The Kier molecular flexibility index (Phi) is 5.03. The summed E-state index contributed by atoms with van der Waals surface area (Å²) in [6.07, 6.45) is 0. The third kappa shape index (κ3) is 3.16. The maximum Gasteiger partial charge on any atom is 0.342 e. The Balaban J connectivity index is 3.11. The molecule has 2 N–H and O–H groups in total. The Morgan fingerprint density at radius 3 is 2.28 bits per heavy atom. The van der Waals surface area contributed by atoms with Crippen LogP contribution in [0.25, 0.3) is 0 Å².